The SMILES string of the molecule is O=[N+]([O-])c1nccn1[C@@H]1OC(CO)C[C@@H]1Br. The molecule has 0 saturated carbocycles. The molecule has 0 amide bonds. The minimum absolute atomic E-state index is 0.0717. The molecule has 0 bridgehead atoms. The topological polar surface area (TPSA) is 90.4 Å². The van der Waals surface area contributed by atoms with Gasteiger partial charge in [-0.2, -0.15) is 0 Å². The number of hydrogen-bond acceptors (Lipinski definition) is 5. The maximum absolute atomic E-state index is 10.7. The van der Waals surface area contributed by atoms with Crippen LogP contribution in [0.1, 0.15) is 12.6 Å². The lowest BCUT2D eigenvalue weighted by Gasteiger charge is -2.12. The average molecular weight is 292 g/mol. The van der Waals surface area contributed by atoms with E-state index in [2.05, 4.69) is 20.9 Å². The summed E-state index contributed by atoms with van der Waals surface area (Å²) in [6, 6.07) is 0. The van der Waals surface area contributed by atoms with Gasteiger partial charge in [-0.1, -0.05) is 20.9 Å². The first-order valence-electron chi connectivity index (χ1n) is 4.71. The lowest BCUT2D eigenvalue weighted by molar-refractivity contribution is -0.398. The lowest BCUT2D eigenvalue weighted by atomic mass is 10.2. The third-order valence-electron chi connectivity index (χ3n) is 2.42. The third-order valence-corrected chi connectivity index (χ3v) is 3.24. The Kier molecular flexibility index (Phi) is 3.22. The highest BCUT2D eigenvalue weighted by Crippen LogP contribution is 2.35. The number of nitro groups is 1. The monoisotopic (exact) mass is 291 g/mol. The van der Waals surface area contributed by atoms with Gasteiger partial charge in [0.15, 0.2) is 6.23 Å². The minimum Gasteiger partial charge on any atom is -0.394 e. The van der Waals surface area contributed by atoms with Crippen LogP contribution in [0.25, 0.3) is 0 Å². The molecule has 1 aliphatic heterocycles. The number of ether oxygens (including phenoxy) is 1. The van der Waals surface area contributed by atoms with E-state index in [1.54, 1.807) is 0 Å². The smallest absolute Gasteiger partial charge is 0.394 e. The molecule has 1 unspecified atom stereocenters. The van der Waals surface area contributed by atoms with Crippen molar-refractivity contribution in [2.45, 2.75) is 23.6 Å². The molecular formula is C8H10BrN3O4. The highest BCUT2D eigenvalue weighted by molar-refractivity contribution is 9.09. The van der Waals surface area contributed by atoms with E-state index in [0.29, 0.717) is 6.42 Å². The largest absolute Gasteiger partial charge is 0.436 e. The Labute approximate surface area is 99.3 Å². The van der Waals surface area contributed by atoms with Crippen molar-refractivity contribution in [1.82, 2.24) is 9.55 Å². The van der Waals surface area contributed by atoms with Crippen molar-refractivity contribution in [3.63, 3.8) is 0 Å². The Hall–Kier alpha value is -0.990. The zero-order valence-electron chi connectivity index (χ0n) is 8.19. The van der Waals surface area contributed by atoms with Crippen LogP contribution >= 0.6 is 15.9 Å². The van der Waals surface area contributed by atoms with Crippen molar-refractivity contribution in [3.05, 3.63) is 22.5 Å². The Bertz CT molecular complexity index is 396. The summed E-state index contributed by atoms with van der Waals surface area (Å²) in [7, 11) is 0. The molecule has 1 aromatic heterocycles. The van der Waals surface area contributed by atoms with E-state index in [-0.39, 0.29) is 23.5 Å². The second kappa shape index (κ2) is 4.48. The molecule has 7 nitrogen and oxygen atoms in total. The van der Waals surface area contributed by atoms with Crippen LogP contribution in [0.5, 0.6) is 0 Å². The second-order valence-corrected chi connectivity index (χ2v) is 4.65. The molecule has 3 atom stereocenters. The first-order valence-corrected chi connectivity index (χ1v) is 5.62. The molecule has 0 spiro atoms. The molecule has 1 fully saturated rings. The lowest BCUT2D eigenvalue weighted by Crippen LogP contribution is -2.17. The van der Waals surface area contributed by atoms with E-state index in [9.17, 15) is 10.1 Å². The third kappa shape index (κ3) is 1.95. The van der Waals surface area contributed by atoms with Crippen molar-refractivity contribution in [3.8, 4) is 0 Å². The highest BCUT2D eigenvalue weighted by atomic mass is 79.9. The zero-order chi connectivity index (χ0) is 11.7. The van der Waals surface area contributed by atoms with Gasteiger partial charge in [-0.15, -0.1) is 0 Å². The van der Waals surface area contributed by atoms with E-state index in [4.69, 9.17) is 9.84 Å². The Morgan fingerprint density at radius 2 is 2.56 bits per heavy atom. The summed E-state index contributed by atoms with van der Waals surface area (Å²) in [5, 5.41) is 19.7. The Balaban J connectivity index is 2.24. The molecule has 8 heteroatoms. The van der Waals surface area contributed by atoms with Crippen LogP contribution in [0.3, 0.4) is 0 Å². The number of aromatic nitrogens is 2. The fraction of sp³-hybridized carbons (Fsp3) is 0.625. The summed E-state index contributed by atoms with van der Waals surface area (Å²) >= 11 is 3.38. The van der Waals surface area contributed by atoms with Gasteiger partial charge >= 0.3 is 5.95 Å². The van der Waals surface area contributed by atoms with Gasteiger partial charge in [-0.05, 0) is 11.3 Å². The van der Waals surface area contributed by atoms with Crippen molar-refractivity contribution in [2.24, 2.45) is 0 Å². The first-order chi connectivity index (χ1) is 7.63. The number of aliphatic hydroxyl groups excluding tert-OH is 1. The number of rotatable bonds is 3. The highest BCUT2D eigenvalue weighted by Gasteiger charge is 2.39. The van der Waals surface area contributed by atoms with Gasteiger partial charge in [-0.25, -0.2) is 4.57 Å². The van der Waals surface area contributed by atoms with Crippen LogP contribution in [0, 0.1) is 10.1 Å². The van der Waals surface area contributed by atoms with Gasteiger partial charge in [0.2, 0.25) is 0 Å². The summed E-state index contributed by atoms with van der Waals surface area (Å²) in [6.07, 6.45) is 2.66. The molecule has 88 valence electrons. The summed E-state index contributed by atoms with van der Waals surface area (Å²) in [5.41, 5.74) is 0. The predicted molar refractivity (Wildman–Crippen MR) is 57.2 cm³/mol. The van der Waals surface area contributed by atoms with Gasteiger partial charge in [0, 0.05) is 0 Å². The molecule has 0 aromatic carbocycles. The van der Waals surface area contributed by atoms with Gasteiger partial charge in [-0.3, -0.25) is 0 Å². The fourth-order valence-corrected chi connectivity index (χ4v) is 2.50. The van der Waals surface area contributed by atoms with Crippen molar-refractivity contribution >= 4 is 21.9 Å². The summed E-state index contributed by atoms with van der Waals surface area (Å²) < 4.78 is 6.84. The van der Waals surface area contributed by atoms with E-state index in [0.717, 1.165) is 0 Å². The standard InChI is InChI=1S/C8H10BrN3O4/c9-6-3-5(4-13)16-7(6)11-2-1-10-8(11)12(14)15/h1-2,5-7,13H,3-4H2/t5?,6-,7+/m0/s1. The quantitative estimate of drug-likeness (QED) is 0.506. The summed E-state index contributed by atoms with van der Waals surface area (Å²) in [6.45, 7) is -0.0961. The first kappa shape index (κ1) is 11.5. The Morgan fingerprint density at radius 3 is 3.12 bits per heavy atom. The van der Waals surface area contributed by atoms with Gasteiger partial charge < -0.3 is 20.0 Å². The van der Waals surface area contributed by atoms with Crippen LogP contribution in [0.15, 0.2) is 12.4 Å². The number of hydrogen-bond donors (Lipinski definition) is 1. The van der Waals surface area contributed by atoms with E-state index in [1.807, 2.05) is 0 Å². The number of aliphatic hydroxyl groups is 1. The molecule has 1 aliphatic rings. The average Bonchev–Trinajstić information content (AvgIpc) is 2.82. The molecule has 1 aromatic rings. The molecule has 1 N–H and O–H groups in total. The molecule has 0 aliphatic carbocycles. The van der Waals surface area contributed by atoms with Gasteiger partial charge in [0.25, 0.3) is 0 Å². The predicted octanol–water partition coefficient (Wildman–Crippen LogP) is 0.835. The summed E-state index contributed by atoms with van der Waals surface area (Å²) in [5.74, 6) is -0.256. The molecule has 0 radical (unpaired) electrons. The van der Waals surface area contributed by atoms with E-state index >= 15 is 0 Å². The van der Waals surface area contributed by atoms with Crippen molar-refractivity contribution < 1.29 is 14.8 Å². The molecule has 2 rings (SSSR count). The fourth-order valence-electron chi connectivity index (χ4n) is 1.71. The number of halogens is 1. The second-order valence-electron chi connectivity index (χ2n) is 3.47. The Morgan fingerprint density at radius 1 is 1.81 bits per heavy atom. The van der Waals surface area contributed by atoms with Crippen molar-refractivity contribution in [1.29, 1.82) is 0 Å². The molecular weight excluding hydrogens is 282 g/mol. The normalized spacial score (nSPS) is 29.5. The molecule has 2 heterocycles. The van der Waals surface area contributed by atoms with Crippen molar-refractivity contribution in [2.75, 3.05) is 6.61 Å². The number of imidazole rings is 1. The van der Waals surface area contributed by atoms with E-state index in [1.165, 1.54) is 17.0 Å². The number of nitrogens with zero attached hydrogens (tertiary/aromatic N) is 3. The number of alkyl halides is 1. The van der Waals surface area contributed by atoms with Gasteiger partial charge in [0.05, 0.1) is 17.5 Å². The minimum atomic E-state index is -0.560. The van der Waals surface area contributed by atoms with Crippen LogP contribution < -0.4 is 0 Å². The van der Waals surface area contributed by atoms with Crippen LogP contribution in [-0.2, 0) is 4.74 Å². The zero-order valence-corrected chi connectivity index (χ0v) is 9.78. The van der Waals surface area contributed by atoms with Crippen LogP contribution in [0.2, 0.25) is 0 Å². The molecule has 16 heavy (non-hydrogen) atoms. The molecule has 1 saturated heterocycles. The maximum atomic E-state index is 10.7. The van der Waals surface area contributed by atoms with E-state index < -0.39 is 11.2 Å². The maximum Gasteiger partial charge on any atom is 0.436 e. The summed E-state index contributed by atoms with van der Waals surface area (Å²) in [4.78, 5) is 13.7. The van der Waals surface area contributed by atoms with Crippen LogP contribution in [-0.4, -0.2) is 37.1 Å². The van der Waals surface area contributed by atoms with Gasteiger partial charge in [0.1, 0.15) is 12.4 Å². The van der Waals surface area contributed by atoms with Crippen LogP contribution in [0.4, 0.5) is 5.95 Å².